The zero-order valence-electron chi connectivity index (χ0n) is 22.4. The molecule has 0 unspecified atom stereocenters. The van der Waals surface area contributed by atoms with Crippen molar-refractivity contribution >= 4 is 22.9 Å². The highest BCUT2D eigenvalue weighted by Crippen LogP contribution is 2.37. The molecule has 0 radical (unpaired) electrons. The van der Waals surface area contributed by atoms with Gasteiger partial charge in [0.2, 0.25) is 0 Å². The molecule has 3 aromatic carbocycles. The molecule has 6 nitrogen and oxygen atoms in total. The summed E-state index contributed by atoms with van der Waals surface area (Å²) in [6, 6.07) is 33.1. The molecule has 1 atom stereocenters. The third-order valence-corrected chi connectivity index (χ3v) is 7.55. The number of nitrogens with zero attached hydrogens (tertiary/aromatic N) is 4. The van der Waals surface area contributed by atoms with Gasteiger partial charge in [0.05, 0.1) is 11.2 Å². The average molecular weight is 516 g/mol. The van der Waals surface area contributed by atoms with Gasteiger partial charge in [-0.1, -0.05) is 60.7 Å². The minimum Gasteiger partial charge on any atom is -0.378 e. The summed E-state index contributed by atoms with van der Waals surface area (Å²) < 4.78 is 2.21. The molecule has 1 fully saturated rings. The third kappa shape index (κ3) is 4.98. The second-order valence-electron chi connectivity index (χ2n) is 10.3. The van der Waals surface area contributed by atoms with Gasteiger partial charge in [0.1, 0.15) is 5.82 Å². The number of carbonyl (C=O) groups excluding carboxylic acids is 1. The summed E-state index contributed by atoms with van der Waals surface area (Å²) in [7, 11) is 4.01. The fourth-order valence-electron chi connectivity index (χ4n) is 5.52. The Balaban J connectivity index is 1.30. The monoisotopic (exact) mass is 515 g/mol. The molecule has 0 spiro atoms. The summed E-state index contributed by atoms with van der Waals surface area (Å²) in [6.45, 7) is 1.38. The zero-order valence-corrected chi connectivity index (χ0v) is 22.4. The molecule has 39 heavy (non-hydrogen) atoms. The van der Waals surface area contributed by atoms with E-state index in [4.69, 9.17) is 4.98 Å². The van der Waals surface area contributed by atoms with Crippen molar-refractivity contribution in [2.75, 3.05) is 37.4 Å². The summed E-state index contributed by atoms with van der Waals surface area (Å²) in [4.78, 5) is 22.5. The van der Waals surface area contributed by atoms with Gasteiger partial charge in [0.15, 0.2) is 0 Å². The minimum absolute atomic E-state index is 0.0622. The predicted molar refractivity (Wildman–Crippen MR) is 159 cm³/mol. The van der Waals surface area contributed by atoms with Crippen LogP contribution in [-0.4, -0.2) is 47.5 Å². The number of rotatable bonds is 5. The largest absolute Gasteiger partial charge is 0.378 e. The maximum Gasteiger partial charge on any atom is 0.321 e. The van der Waals surface area contributed by atoms with Crippen LogP contribution in [0, 0.1) is 0 Å². The molecule has 3 heterocycles. The van der Waals surface area contributed by atoms with Crippen molar-refractivity contribution in [1.82, 2.24) is 14.3 Å². The average Bonchev–Trinajstić information content (AvgIpc) is 3.38. The molecule has 5 aromatic rings. The first-order chi connectivity index (χ1) is 19.1. The summed E-state index contributed by atoms with van der Waals surface area (Å²) in [5.41, 5.74) is 7.42. The Morgan fingerprint density at radius 3 is 2.36 bits per heavy atom. The molecule has 1 N–H and O–H groups in total. The van der Waals surface area contributed by atoms with Crippen LogP contribution in [0.4, 0.5) is 16.2 Å². The van der Waals surface area contributed by atoms with Crippen molar-refractivity contribution in [3.8, 4) is 22.4 Å². The molecule has 0 saturated carbocycles. The minimum atomic E-state index is -0.0622. The number of amides is 2. The van der Waals surface area contributed by atoms with E-state index in [1.165, 1.54) is 11.1 Å². The van der Waals surface area contributed by atoms with Gasteiger partial charge in [-0.05, 0) is 60.4 Å². The van der Waals surface area contributed by atoms with Crippen molar-refractivity contribution in [2.45, 2.75) is 18.8 Å². The third-order valence-electron chi connectivity index (χ3n) is 7.55. The van der Waals surface area contributed by atoms with E-state index in [2.05, 4.69) is 82.6 Å². The van der Waals surface area contributed by atoms with Gasteiger partial charge in [0, 0.05) is 56.2 Å². The van der Waals surface area contributed by atoms with Gasteiger partial charge in [-0.3, -0.25) is 0 Å². The Labute approximate surface area is 229 Å². The number of anilines is 2. The van der Waals surface area contributed by atoms with Gasteiger partial charge in [-0.25, -0.2) is 9.78 Å². The van der Waals surface area contributed by atoms with Crippen LogP contribution in [-0.2, 0) is 0 Å². The molecule has 2 aromatic heterocycles. The number of benzene rings is 3. The molecule has 0 aliphatic carbocycles. The topological polar surface area (TPSA) is 52.9 Å². The Hall–Kier alpha value is -4.58. The van der Waals surface area contributed by atoms with E-state index in [0.717, 1.165) is 53.4 Å². The lowest BCUT2D eigenvalue weighted by Crippen LogP contribution is -2.42. The SMILES string of the molecule is CN(C)c1ccc(NC(=O)N2CCC[C@@H](c3nc(-c4ccccc4-c4ccccc4)c4ccccn34)C2)cc1. The van der Waals surface area contributed by atoms with E-state index in [1.807, 2.05) is 54.2 Å². The van der Waals surface area contributed by atoms with Crippen LogP contribution in [0.3, 0.4) is 0 Å². The fourth-order valence-corrected chi connectivity index (χ4v) is 5.52. The van der Waals surface area contributed by atoms with Crippen molar-refractivity contribution in [3.05, 3.63) is 109 Å². The number of urea groups is 1. The molecule has 1 aliphatic heterocycles. The first-order valence-electron chi connectivity index (χ1n) is 13.5. The highest BCUT2D eigenvalue weighted by molar-refractivity contribution is 5.90. The Kier molecular flexibility index (Phi) is 6.76. The maximum atomic E-state index is 13.2. The lowest BCUT2D eigenvalue weighted by Gasteiger charge is -2.32. The number of hydrogen-bond acceptors (Lipinski definition) is 3. The first-order valence-corrected chi connectivity index (χ1v) is 13.5. The van der Waals surface area contributed by atoms with E-state index in [0.29, 0.717) is 6.54 Å². The van der Waals surface area contributed by atoms with E-state index in [1.54, 1.807) is 0 Å². The van der Waals surface area contributed by atoms with Gasteiger partial charge < -0.3 is 19.5 Å². The molecular formula is C33H33N5O. The lowest BCUT2D eigenvalue weighted by molar-refractivity contribution is 0.191. The van der Waals surface area contributed by atoms with Crippen LogP contribution in [0.1, 0.15) is 24.6 Å². The van der Waals surface area contributed by atoms with Crippen LogP contribution in [0.5, 0.6) is 0 Å². The normalized spacial score (nSPS) is 15.3. The molecule has 1 aliphatic rings. The summed E-state index contributed by atoms with van der Waals surface area (Å²) in [6.07, 6.45) is 4.03. The second-order valence-corrected chi connectivity index (χ2v) is 10.3. The number of carbonyl (C=O) groups is 1. The fraction of sp³-hybridized carbons (Fsp3) is 0.212. The Bertz CT molecular complexity index is 1590. The van der Waals surface area contributed by atoms with Crippen molar-refractivity contribution < 1.29 is 4.79 Å². The molecule has 6 rings (SSSR count). The van der Waals surface area contributed by atoms with E-state index >= 15 is 0 Å². The van der Waals surface area contributed by atoms with E-state index in [-0.39, 0.29) is 11.9 Å². The number of pyridine rings is 1. The molecule has 1 saturated heterocycles. The van der Waals surface area contributed by atoms with Gasteiger partial charge in [0.25, 0.3) is 0 Å². The molecule has 6 heteroatoms. The number of nitrogens with one attached hydrogen (secondary N) is 1. The van der Waals surface area contributed by atoms with Gasteiger partial charge in [-0.2, -0.15) is 0 Å². The highest BCUT2D eigenvalue weighted by atomic mass is 16.2. The smallest absolute Gasteiger partial charge is 0.321 e. The maximum absolute atomic E-state index is 13.2. The number of imidazole rings is 1. The molecular weight excluding hydrogens is 482 g/mol. The van der Waals surface area contributed by atoms with E-state index < -0.39 is 0 Å². The molecule has 0 bridgehead atoms. The van der Waals surface area contributed by atoms with Crippen LogP contribution >= 0.6 is 0 Å². The highest BCUT2D eigenvalue weighted by Gasteiger charge is 2.29. The number of hydrogen-bond donors (Lipinski definition) is 1. The summed E-state index contributed by atoms with van der Waals surface area (Å²) in [5, 5.41) is 3.08. The van der Waals surface area contributed by atoms with Gasteiger partial charge >= 0.3 is 6.03 Å². The first kappa shape index (κ1) is 24.7. The number of fused-ring (bicyclic) bond motifs is 1. The Morgan fingerprint density at radius 1 is 0.872 bits per heavy atom. The van der Waals surface area contributed by atoms with Crippen LogP contribution in [0.15, 0.2) is 103 Å². The molecule has 196 valence electrons. The number of piperidine rings is 1. The molecule has 2 amide bonds. The number of likely N-dealkylation sites (tertiary alicyclic amines) is 1. The van der Waals surface area contributed by atoms with Gasteiger partial charge in [-0.15, -0.1) is 0 Å². The van der Waals surface area contributed by atoms with Crippen molar-refractivity contribution in [2.24, 2.45) is 0 Å². The number of aromatic nitrogens is 2. The van der Waals surface area contributed by atoms with Crippen LogP contribution < -0.4 is 10.2 Å². The summed E-state index contributed by atoms with van der Waals surface area (Å²) in [5.74, 6) is 1.16. The summed E-state index contributed by atoms with van der Waals surface area (Å²) >= 11 is 0. The lowest BCUT2D eigenvalue weighted by atomic mass is 9.97. The zero-order chi connectivity index (χ0) is 26.8. The van der Waals surface area contributed by atoms with Crippen LogP contribution in [0.25, 0.3) is 27.9 Å². The second kappa shape index (κ2) is 10.7. The standard InChI is InChI=1S/C33H33N5O/c1-36(2)27-19-17-26(18-20-27)34-33(39)37-21-10-13-25(23-37)32-35-31(30-16-8-9-22-38(30)32)29-15-7-6-14-28(29)24-11-4-3-5-12-24/h3-9,11-12,14-20,22,25H,10,13,21,23H2,1-2H3,(H,34,39)/t25-/m1/s1. The van der Waals surface area contributed by atoms with Crippen molar-refractivity contribution in [3.63, 3.8) is 0 Å². The van der Waals surface area contributed by atoms with E-state index in [9.17, 15) is 4.79 Å². The Morgan fingerprint density at radius 2 is 1.59 bits per heavy atom. The quantitative estimate of drug-likeness (QED) is 0.271. The van der Waals surface area contributed by atoms with Crippen LogP contribution in [0.2, 0.25) is 0 Å². The predicted octanol–water partition coefficient (Wildman–Crippen LogP) is 7.15. The van der Waals surface area contributed by atoms with Crippen molar-refractivity contribution in [1.29, 1.82) is 0 Å².